The molecule has 0 saturated heterocycles. The number of hydrogen-bond donors (Lipinski definition) is 0. The number of amidine groups is 1. The molecule has 0 aromatic heterocycles. The Balaban J connectivity index is 0.00000216. The summed E-state index contributed by atoms with van der Waals surface area (Å²) in [7, 11) is 0. The molecule has 5 aromatic carbocycles. The van der Waals surface area contributed by atoms with Gasteiger partial charge in [0.05, 0.1) is 5.91 Å². The van der Waals surface area contributed by atoms with Gasteiger partial charge in [-0.15, -0.1) is 0 Å². The Labute approximate surface area is 196 Å². The minimum absolute atomic E-state index is 0. The van der Waals surface area contributed by atoms with Gasteiger partial charge in [-0.1, -0.05) is 54.1 Å². The summed E-state index contributed by atoms with van der Waals surface area (Å²) in [5, 5.41) is 20.7. The fraction of sp³-hybridized carbons (Fsp3) is 0.0769. The van der Waals surface area contributed by atoms with Crippen LogP contribution in [0.1, 0.15) is 50.5 Å². The van der Waals surface area contributed by atoms with Gasteiger partial charge in [0.15, 0.2) is 11.6 Å². The van der Waals surface area contributed by atoms with Crippen LogP contribution in [0.3, 0.4) is 0 Å². The molecule has 0 fully saturated rings. The van der Waals surface area contributed by atoms with Crippen LogP contribution in [0.4, 0.5) is 0 Å². The molecule has 6 heteroatoms. The maximum atomic E-state index is 12.5. The maximum Gasteiger partial charge on any atom is 2.00 e. The summed E-state index contributed by atoms with van der Waals surface area (Å²) in [6.45, 7) is 3.01. The minimum Gasteiger partial charge on any atom is -0.824 e. The summed E-state index contributed by atoms with van der Waals surface area (Å²) in [6.07, 6.45) is 0. The van der Waals surface area contributed by atoms with E-state index in [9.17, 15) is 19.8 Å². The van der Waals surface area contributed by atoms with E-state index in [-0.39, 0.29) is 38.5 Å². The van der Waals surface area contributed by atoms with Crippen LogP contribution in [0.5, 0.6) is 0 Å². The largest absolute Gasteiger partial charge is 2.00 e. The zero-order chi connectivity index (χ0) is 21.6. The third-order valence-corrected chi connectivity index (χ3v) is 6.34. The van der Waals surface area contributed by atoms with E-state index in [2.05, 4.69) is 5.32 Å². The smallest absolute Gasteiger partial charge is 0.824 e. The predicted octanol–water partition coefficient (Wildman–Crippen LogP) is 5.98. The van der Waals surface area contributed by atoms with Crippen LogP contribution < -0.4 is 0 Å². The van der Waals surface area contributed by atoms with Crippen molar-refractivity contribution >= 4 is 66.4 Å². The molecule has 0 unspecified atom stereocenters. The molecule has 0 radical (unpaired) electrons. The van der Waals surface area contributed by atoms with Gasteiger partial charge in [-0.2, -0.15) is 0 Å². The number of hydrogen-bond acceptors (Lipinski definition) is 3. The van der Waals surface area contributed by atoms with Gasteiger partial charge >= 0.3 is 21.1 Å². The van der Waals surface area contributed by atoms with Crippen molar-refractivity contribution in [2.75, 3.05) is 0 Å². The van der Waals surface area contributed by atoms with Crippen LogP contribution in [0.2, 0.25) is 0 Å². The second-order valence-electron chi connectivity index (χ2n) is 8.00. The molecule has 6 rings (SSSR count). The average Bonchev–Trinajstić information content (AvgIpc) is 2.75. The molecule has 0 N–H and O–H groups in total. The van der Waals surface area contributed by atoms with Gasteiger partial charge in [-0.3, -0.25) is 15.4 Å². The van der Waals surface area contributed by atoms with E-state index < -0.39 is 5.91 Å². The van der Waals surface area contributed by atoms with Crippen LogP contribution >= 0.6 is 0 Å². The number of benzene rings is 5. The Kier molecular flexibility index (Phi) is 4.34. The predicted molar refractivity (Wildman–Crippen MR) is 123 cm³/mol. The van der Waals surface area contributed by atoms with Gasteiger partial charge in [-0.25, -0.2) is 0 Å². The number of carbonyl (C=O) groups is 3. The topological polar surface area (TPSA) is 87.6 Å². The Morgan fingerprint density at radius 2 is 1.09 bits per heavy atom. The molecule has 0 aliphatic carbocycles. The molecular weight excluding hydrogens is 572 g/mol. The summed E-state index contributed by atoms with van der Waals surface area (Å²) in [4.78, 5) is 37.3. The Hall–Kier alpha value is -3.43. The number of fused-ring (bicyclic) bond motifs is 2. The Morgan fingerprint density at radius 1 is 0.656 bits per heavy atom. The van der Waals surface area contributed by atoms with E-state index in [1.165, 1.54) is 13.8 Å². The van der Waals surface area contributed by atoms with Gasteiger partial charge in [0, 0.05) is 22.1 Å². The van der Waals surface area contributed by atoms with Crippen molar-refractivity contribution in [1.82, 2.24) is 0 Å². The maximum absolute atomic E-state index is 12.5. The summed E-state index contributed by atoms with van der Waals surface area (Å²) in [5.74, 6) is -0.956. The Morgan fingerprint density at radius 3 is 1.59 bits per heavy atom. The SMILES string of the molecule is CC(=O)c1ccc2c3ccc4c5c(ccc(c6ccc(C(C)=O)c1c26)c53)C(=O)[N-]C4=[N-].[W+2]. The molecule has 0 spiro atoms. The summed E-state index contributed by atoms with van der Waals surface area (Å²) >= 11 is 0. The van der Waals surface area contributed by atoms with Gasteiger partial charge in [-0.05, 0) is 51.6 Å². The normalized spacial score (nSPS) is 13.1. The fourth-order valence-electron chi connectivity index (χ4n) is 5.06. The van der Waals surface area contributed by atoms with Crippen LogP contribution in [0, 0.1) is 0 Å². The molecule has 5 aromatic rings. The Bertz CT molecular complexity index is 1580. The first-order valence-electron chi connectivity index (χ1n) is 9.93. The van der Waals surface area contributed by atoms with E-state index in [4.69, 9.17) is 0 Å². The zero-order valence-electron chi connectivity index (χ0n) is 17.1. The molecule has 0 bridgehead atoms. The summed E-state index contributed by atoms with van der Waals surface area (Å²) < 4.78 is 0. The van der Waals surface area contributed by atoms with Gasteiger partial charge < -0.3 is 15.5 Å². The molecule has 1 aliphatic heterocycles. The zero-order valence-corrected chi connectivity index (χ0v) is 20.1. The molecule has 152 valence electrons. The number of rotatable bonds is 2. The van der Waals surface area contributed by atoms with E-state index in [0.717, 1.165) is 32.3 Å². The third kappa shape index (κ3) is 2.43. The molecule has 32 heavy (non-hydrogen) atoms. The second-order valence-corrected chi connectivity index (χ2v) is 8.00. The first-order chi connectivity index (χ1) is 14.9. The number of nitrogens with zero attached hydrogens (tertiary/aromatic N) is 2. The monoisotopic (exact) mass is 586 g/mol. The van der Waals surface area contributed by atoms with E-state index in [0.29, 0.717) is 33.0 Å². The van der Waals surface area contributed by atoms with Crippen molar-refractivity contribution < 1.29 is 35.4 Å². The summed E-state index contributed by atoms with van der Waals surface area (Å²) in [6, 6.07) is 14.6. The standard InChI is InChI=1S/C26H15N2O3.W/c1-11(29)13-3-5-15-17-7-9-19-24-20(26(31)28-25(19)27)10-8-18(23(17)24)16-6-4-14(12(2)30)21(13)22(15)16;/h3-10H,1-2H3,(H-,27,28,31);/q-1;+2/p-1. The fourth-order valence-corrected chi connectivity index (χ4v) is 5.06. The second kappa shape index (κ2) is 6.78. The van der Waals surface area contributed by atoms with Crippen molar-refractivity contribution in [2.45, 2.75) is 13.8 Å². The van der Waals surface area contributed by atoms with Crippen LogP contribution in [0.15, 0.2) is 48.5 Å². The molecule has 0 saturated carbocycles. The van der Waals surface area contributed by atoms with Crippen molar-refractivity contribution in [3.05, 3.63) is 81.5 Å². The number of Topliss-reactive ketones (excluding diaryl/α,β-unsaturated/α-hetero) is 2. The minimum atomic E-state index is -0.469. The molecule has 1 amide bonds. The van der Waals surface area contributed by atoms with Gasteiger partial charge in [0.25, 0.3) is 0 Å². The van der Waals surface area contributed by atoms with Gasteiger partial charge in [0.2, 0.25) is 0 Å². The molecule has 1 heterocycles. The number of amides is 1. The van der Waals surface area contributed by atoms with E-state index in [1.807, 2.05) is 24.3 Å². The van der Waals surface area contributed by atoms with Crippen LogP contribution in [-0.4, -0.2) is 23.3 Å². The molecule has 0 atom stereocenters. The van der Waals surface area contributed by atoms with E-state index >= 15 is 0 Å². The quantitative estimate of drug-likeness (QED) is 0.145. The van der Waals surface area contributed by atoms with Gasteiger partial charge in [0.1, 0.15) is 0 Å². The molecular formula is C26H14N2O3W. The van der Waals surface area contributed by atoms with Crippen molar-refractivity contribution in [2.24, 2.45) is 0 Å². The summed E-state index contributed by atoms with van der Waals surface area (Å²) in [5.41, 5.74) is 2.00. The van der Waals surface area contributed by atoms with Crippen molar-refractivity contribution in [3.63, 3.8) is 0 Å². The van der Waals surface area contributed by atoms with Crippen LogP contribution in [-0.2, 0) is 21.1 Å². The first-order valence-corrected chi connectivity index (χ1v) is 9.93. The van der Waals surface area contributed by atoms with Crippen molar-refractivity contribution in [3.8, 4) is 0 Å². The first kappa shape index (κ1) is 20.5. The molecule has 1 aliphatic rings. The van der Waals surface area contributed by atoms with E-state index in [1.54, 1.807) is 24.3 Å². The van der Waals surface area contributed by atoms with Crippen LogP contribution in [0.25, 0.3) is 53.8 Å². The third-order valence-electron chi connectivity index (χ3n) is 6.34. The average molecular weight is 586 g/mol. The van der Waals surface area contributed by atoms with Crippen molar-refractivity contribution in [1.29, 1.82) is 0 Å². The molecule has 5 nitrogen and oxygen atoms in total. The number of carbonyl (C=O) groups excluding carboxylic acids is 3. The number of ketones is 2.